The topological polar surface area (TPSA) is 95.0 Å². The van der Waals surface area contributed by atoms with Gasteiger partial charge in [-0.3, -0.25) is 4.79 Å². The van der Waals surface area contributed by atoms with Crippen LogP contribution in [-0.4, -0.2) is 38.7 Å². The first kappa shape index (κ1) is 17.1. The van der Waals surface area contributed by atoms with E-state index >= 15 is 0 Å². The number of hydrogen-bond donors (Lipinski definition) is 1. The summed E-state index contributed by atoms with van der Waals surface area (Å²) in [6, 6.07) is 8.75. The van der Waals surface area contributed by atoms with Gasteiger partial charge in [0.25, 0.3) is 5.91 Å². The number of amides is 1. The number of aliphatic hydroxyl groups excluding tert-OH is 1. The van der Waals surface area contributed by atoms with E-state index in [0.29, 0.717) is 24.9 Å². The van der Waals surface area contributed by atoms with Crippen molar-refractivity contribution in [3.05, 3.63) is 41.7 Å². The molecule has 1 amide bonds. The summed E-state index contributed by atoms with van der Waals surface area (Å²) >= 11 is 0. The highest BCUT2D eigenvalue weighted by Gasteiger charge is 2.31. The van der Waals surface area contributed by atoms with Crippen molar-refractivity contribution < 1.29 is 9.90 Å². The SMILES string of the molecule is CC(O)CCc1cn(C2CCCN(c3ccc(C#N)cc3)C2=O)nn1. The van der Waals surface area contributed by atoms with Crippen LogP contribution in [0.2, 0.25) is 0 Å². The van der Waals surface area contributed by atoms with Crippen LogP contribution in [0.3, 0.4) is 0 Å². The minimum atomic E-state index is -0.381. The van der Waals surface area contributed by atoms with Crippen LogP contribution >= 0.6 is 0 Å². The Bertz CT molecular complexity index is 776. The first-order valence-corrected chi connectivity index (χ1v) is 8.49. The molecule has 1 saturated heterocycles. The van der Waals surface area contributed by atoms with Gasteiger partial charge in [-0.1, -0.05) is 5.21 Å². The van der Waals surface area contributed by atoms with E-state index in [2.05, 4.69) is 16.4 Å². The highest BCUT2D eigenvalue weighted by atomic mass is 16.3. The molecule has 25 heavy (non-hydrogen) atoms. The van der Waals surface area contributed by atoms with E-state index in [0.717, 1.165) is 24.2 Å². The summed E-state index contributed by atoms with van der Waals surface area (Å²) in [5.74, 6) is -0.0112. The Balaban J connectivity index is 1.74. The molecule has 0 saturated carbocycles. The molecule has 130 valence electrons. The molecule has 1 aromatic heterocycles. The number of aliphatic hydroxyl groups is 1. The first-order valence-electron chi connectivity index (χ1n) is 8.49. The van der Waals surface area contributed by atoms with E-state index in [1.54, 1.807) is 47.0 Å². The fourth-order valence-electron chi connectivity index (χ4n) is 3.01. The summed E-state index contributed by atoms with van der Waals surface area (Å²) < 4.78 is 1.63. The fourth-order valence-corrected chi connectivity index (χ4v) is 3.01. The Labute approximate surface area is 146 Å². The lowest BCUT2D eigenvalue weighted by Crippen LogP contribution is -2.42. The van der Waals surface area contributed by atoms with Gasteiger partial charge in [-0.25, -0.2) is 4.68 Å². The monoisotopic (exact) mass is 339 g/mol. The van der Waals surface area contributed by atoms with Gasteiger partial charge in [-0.2, -0.15) is 5.26 Å². The number of nitrogens with zero attached hydrogens (tertiary/aromatic N) is 5. The van der Waals surface area contributed by atoms with Gasteiger partial charge in [0.1, 0.15) is 6.04 Å². The van der Waals surface area contributed by atoms with Crippen LogP contribution in [0.1, 0.15) is 43.5 Å². The van der Waals surface area contributed by atoms with Crippen molar-refractivity contribution in [3.63, 3.8) is 0 Å². The van der Waals surface area contributed by atoms with Gasteiger partial charge in [-0.05, 0) is 56.9 Å². The number of hydrogen-bond acceptors (Lipinski definition) is 5. The lowest BCUT2D eigenvalue weighted by molar-refractivity contribution is -0.123. The van der Waals surface area contributed by atoms with Crippen molar-refractivity contribution in [2.45, 2.75) is 44.8 Å². The summed E-state index contributed by atoms with van der Waals surface area (Å²) in [6.07, 6.45) is 4.28. The standard InChI is InChI=1S/C18H21N5O2/c1-13(24)4-7-15-12-23(21-20-15)17-3-2-10-22(18(17)25)16-8-5-14(11-19)6-9-16/h5-6,8-9,12-13,17,24H,2-4,7,10H2,1H3. The Morgan fingerprint density at radius 3 is 2.84 bits per heavy atom. The molecule has 2 atom stereocenters. The van der Waals surface area contributed by atoms with Crippen LogP contribution in [0.15, 0.2) is 30.5 Å². The second-order valence-corrected chi connectivity index (χ2v) is 6.38. The molecule has 2 unspecified atom stereocenters. The normalized spacial score (nSPS) is 18.8. The Hall–Kier alpha value is -2.72. The molecule has 1 aromatic carbocycles. The molecule has 1 fully saturated rings. The van der Waals surface area contributed by atoms with Crippen molar-refractivity contribution in [1.29, 1.82) is 5.26 Å². The quantitative estimate of drug-likeness (QED) is 0.897. The largest absolute Gasteiger partial charge is 0.393 e. The zero-order chi connectivity index (χ0) is 17.8. The summed E-state index contributed by atoms with van der Waals surface area (Å²) in [4.78, 5) is 14.6. The summed E-state index contributed by atoms with van der Waals surface area (Å²) in [5, 5.41) is 26.5. The highest BCUT2D eigenvalue weighted by Crippen LogP contribution is 2.27. The second kappa shape index (κ2) is 7.45. The number of aromatic nitrogens is 3. The molecule has 7 nitrogen and oxygen atoms in total. The maximum absolute atomic E-state index is 12.9. The number of benzene rings is 1. The number of anilines is 1. The third-order valence-corrected chi connectivity index (χ3v) is 4.41. The van der Waals surface area contributed by atoms with E-state index < -0.39 is 0 Å². The van der Waals surface area contributed by atoms with Crippen molar-refractivity contribution in [2.75, 3.05) is 11.4 Å². The Morgan fingerprint density at radius 1 is 1.40 bits per heavy atom. The highest BCUT2D eigenvalue weighted by molar-refractivity contribution is 5.96. The van der Waals surface area contributed by atoms with E-state index in [9.17, 15) is 9.90 Å². The predicted octanol–water partition coefficient (Wildman–Crippen LogP) is 1.83. The average molecular weight is 339 g/mol. The van der Waals surface area contributed by atoms with Gasteiger partial charge >= 0.3 is 0 Å². The number of carbonyl (C=O) groups excluding carboxylic acids is 1. The van der Waals surface area contributed by atoms with E-state index in [-0.39, 0.29) is 18.1 Å². The minimum Gasteiger partial charge on any atom is -0.393 e. The molecule has 1 aliphatic heterocycles. The molecule has 3 rings (SSSR count). The molecule has 2 aromatic rings. The second-order valence-electron chi connectivity index (χ2n) is 6.38. The third kappa shape index (κ3) is 3.86. The predicted molar refractivity (Wildman–Crippen MR) is 91.8 cm³/mol. The maximum atomic E-state index is 12.9. The van der Waals surface area contributed by atoms with Crippen LogP contribution in [0.4, 0.5) is 5.69 Å². The third-order valence-electron chi connectivity index (χ3n) is 4.41. The van der Waals surface area contributed by atoms with Crippen LogP contribution in [0.25, 0.3) is 0 Å². The number of nitriles is 1. The maximum Gasteiger partial charge on any atom is 0.251 e. The van der Waals surface area contributed by atoms with Crippen molar-refractivity contribution in [2.24, 2.45) is 0 Å². The zero-order valence-corrected chi connectivity index (χ0v) is 14.2. The van der Waals surface area contributed by atoms with Gasteiger partial charge in [0.05, 0.1) is 23.4 Å². The summed E-state index contributed by atoms with van der Waals surface area (Å²) in [7, 11) is 0. The molecular weight excluding hydrogens is 318 g/mol. The minimum absolute atomic E-state index is 0.0112. The van der Waals surface area contributed by atoms with Crippen LogP contribution in [0.5, 0.6) is 0 Å². The molecule has 7 heteroatoms. The fraction of sp³-hybridized carbons (Fsp3) is 0.444. The van der Waals surface area contributed by atoms with Crippen molar-refractivity contribution >= 4 is 11.6 Å². The molecule has 0 bridgehead atoms. The molecule has 0 radical (unpaired) electrons. The molecule has 1 aliphatic rings. The molecule has 2 heterocycles. The van der Waals surface area contributed by atoms with E-state index in [1.165, 1.54) is 0 Å². The lowest BCUT2D eigenvalue weighted by atomic mass is 10.0. The van der Waals surface area contributed by atoms with Gasteiger partial charge in [0, 0.05) is 18.4 Å². The van der Waals surface area contributed by atoms with Gasteiger partial charge in [0.2, 0.25) is 0 Å². The number of aryl methyl sites for hydroxylation is 1. The molecular formula is C18H21N5O2. The summed E-state index contributed by atoms with van der Waals surface area (Å²) in [5.41, 5.74) is 2.15. The number of rotatable bonds is 5. The van der Waals surface area contributed by atoms with Crippen molar-refractivity contribution in [1.82, 2.24) is 15.0 Å². The molecule has 1 N–H and O–H groups in total. The number of carbonyl (C=O) groups is 1. The Kier molecular flexibility index (Phi) is 5.10. The Morgan fingerprint density at radius 2 is 2.16 bits per heavy atom. The van der Waals surface area contributed by atoms with Crippen LogP contribution in [0, 0.1) is 11.3 Å². The number of piperidine rings is 1. The van der Waals surface area contributed by atoms with Gasteiger partial charge in [-0.15, -0.1) is 5.10 Å². The smallest absolute Gasteiger partial charge is 0.251 e. The van der Waals surface area contributed by atoms with Gasteiger partial charge < -0.3 is 10.0 Å². The zero-order valence-electron chi connectivity index (χ0n) is 14.2. The van der Waals surface area contributed by atoms with Crippen LogP contribution < -0.4 is 4.90 Å². The first-order chi connectivity index (χ1) is 12.1. The summed E-state index contributed by atoms with van der Waals surface area (Å²) in [6.45, 7) is 2.40. The van der Waals surface area contributed by atoms with Gasteiger partial charge in [0.15, 0.2) is 0 Å². The lowest BCUT2D eigenvalue weighted by Gasteiger charge is -2.32. The average Bonchev–Trinajstić information content (AvgIpc) is 3.09. The molecule has 0 aliphatic carbocycles. The van der Waals surface area contributed by atoms with E-state index in [1.807, 2.05) is 0 Å². The van der Waals surface area contributed by atoms with E-state index in [4.69, 9.17) is 5.26 Å². The molecule has 0 spiro atoms. The van der Waals surface area contributed by atoms with Crippen LogP contribution in [-0.2, 0) is 11.2 Å². The van der Waals surface area contributed by atoms with Crippen molar-refractivity contribution in [3.8, 4) is 6.07 Å².